The van der Waals surface area contributed by atoms with E-state index >= 15 is 0 Å². The van der Waals surface area contributed by atoms with Gasteiger partial charge >= 0.3 is 0 Å². The van der Waals surface area contributed by atoms with E-state index in [1.807, 2.05) is 0 Å². The molecule has 1 aromatic carbocycles. The molecule has 1 rings (SSSR count). The lowest BCUT2D eigenvalue weighted by Crippen LogP contribution is -1.94. The van der Waals surface area contributed by atoms with Crippen LogP contribution in [0.3, 0.4) is 0 Å². The molecule has 0 unspecified atom stereocenters. The molecule has 0 aromatic heterocycles. The van der Waals surface area contributed by atoms with Gasteiger partial charge in [0.05, 0.1) is 0 Å². The predicted molar refractivity (Wildman–Crippen MR) is 61.6 cm³/mol. The van der Waals surface area contributed by atoms with Crippen molar-refractivity contribution in [2.45, 2.75) is 13.3 Å². The smallest absolute Gasteiger partial charge is 0.0250 e. The summed E-state index contributed by atoms with van der Waals surface area (Å²) in [6, 6.07) is 6.32. The van der Waals surface area contributed by atoms with Crippen LogP contribution in [0.2, 0.25) is 0 Å². The third kappa shape index (κ3) is 3.33. The fourth-order valence-electron chi connectivity index (χ4n) is 1.07. The van der Waals surface area contributed by atoms with Gasteiger partial charge in [-0.25, -0.2) is 0 Å². The molecule has 0 aliphatic carbocycles. The van der Waals surface area contributed by atoms with Crippen LogP contribution in [0.4, 0.5) is 0 Å². The van der Waals surface area contributed by atoms with E-state index in [4.69, 9.17) is 5.73 Å². The predicted octanol–water partition coefficient (Wildman–Crippen LogP) is 3.12. The maximum absolute atomic E-state index is 5.39. The van der Waals surface area contributed by atoms with E-state index in [-0.39, 0.29) is 0 Å². The Labute approximate surface area is 87.8 Å². The quantitative estimate of drug-likeness (QED) is 0.863. The molecule has 0 amide bonds. The first-order chi connectivity index (χ1) is 6.24. The Kier molecular flexibility index (Phi) is 4.19. The van der Waals surface area contributed by atoms with E-state index in [1.165, 1.54) is 11.1 Å². The number of hydrogen-bond donors (Lipinski definition) is 1. The van der Waals surface area contributed by atoms with Crippen LogP contribution in [0.1, 0.15) is 17.5 Å². The Morgan fingerprint density at radius 3 is 2.85 bits per heavy atom. The van der Waals surface area contributed by atoms with Crippen LogP contribution in [-0.2, 0) is 0 Å². The number of halogens is 1. The summed E-state index contributed by atoms with van der Waals surface area (Å²) in [5.41, 5.74) is 7.87. The minimum absolute atomic E-state index is 0.708. The van der Waals surface area contributed by atoms with Crippen LogP contribution < -0.4 is 5.73 Å². The van der Waals surface area contributed by atoms with Gasteiger partial charge in [-0.2, -0.15) is 0 Å². The fraction of sp³-hybridized carbons (Fsp3) is 0.273. The molecule has 1 nitrogen and oxygen atoms in total. The summed E-state index contributed by atoms with van der Waals surface area (Å²) in [7, 11) is 0. The maximum Gasteiger partial charge on any atom is 0.0250 e. The monoisotopic (exact) mass is 239 g/mol. The summed E-state index contributed by atoms with van der Waals surface area (Å²) in [5.74, 6) is 0. The molecule has 0 saturated heterocycles. The molecule has 0 atom stereocenters. The van der Waals surface area contributed by atoms with Crippen molar-refractivity contribution in [2.75, 3.05) is 6.54 Å². The summed E-state index contributed by atoms with van der Waals surface area (Å²) < 4.78 is 1.14. The van der Waals surface area contributed by atoms with Crippen LogP contribution in [-0.4, -0.2) is 6.54 Å². The first-order valence-corrected chi connectivity index (χ1v) is 5.16. The van der Waals surface area contributed by atoms with E-state index in [9.17, 15) is 0 Å². The molecule has 2 N–H and O–H groups in total. The van der Waals surface area contributed by atoms with Gasteiger partial charge in [0.1, 0.15) is 0 Å². The summed E-state index contributed by atoms with van der Waals surface area (Å²) in [4.78, 5) is 0. The van der Waals surface area contributed by atoms with Gasteiger partial charge in [0.25, 0.3) is 0 Å². The number of aryl methyl sites for hydroxylation is 1. The van der Waals surface area contributed by atoms with Crippen LogP contribution in [0.25, 0.3) is 6.08 Å². The molecule has 1 aromatic rings. The summed E-state index contributed by atoms with van der Waals surface area (Å²) in [5, 5.41) is 0. The highest BCUT2D eigenvalue weighted by molar-refractivity contribution is 9.10. The van der Waals surface area contributed by atoms with Crippen molar-refractivity contribution in [2.24, 2.45) is 5.73 Å². The van der Waals surface area contributed by atoms with Crippen LogP contribution in [0.15, 0.2) is 28.7 Å². The van der Waals surface area contributed by atoms with Crippen molar-refractivity contribution in [1.82, 2.24) is 0 Å². The second kappa shape index (κ2) is 5.20. The van der Waals surface area contributed by atoms with Gasteiger partial charge in [-0.05, 0) is 37.1 Å². The molecule has 0 aliphatic heterocycles. The van der Waals surface area contributed by atoms with Crippen molar-refractivity contribution < 1.29 is 0 Å². The normalized spacial score (nSPS) is 11.0. The van der Waals surface area contributed by atoms with E-state index < -0.39 is 0 Å². The maximum atomic E-state index is 5.39. The van der Waals surface area contributed by atoms with Crippen molar-refractivity contribution in [3.05, 3.63) is 39.9 Å². The topological polar surface area (TPSA) is 26.0 Å². The van der Waals surface area contributed by atoms with E-state index in [1.54, 1.807) is 0 Å². The molecule has 0 radical (unpaired) electrons. The van der Waals surface area contributed by atoms with Crippen LogP contribution >= 0.6 is 15.9 Å². The molecule has 0 bridgehead atoms. The number of hydrogen-bond acceptors (Lipinski definition) is 1. The highest BCUT2D eigenvalue weighted by Crippen LogP contribution is 2.19. The molecule has 0 saturated carbocycles. The zero-order chi connectivity index (χ0) is 9.68. The third-order valence-corrected chi connectivity index (χ3v) is 2.47. The summed E-state index contributed by atoms with van der Waals surface area (Å²) in [6.07, 6.45) is 5.12. The van der Waals surface area contributed by atoms with Crippen molar-refractivity contribution >= 4 is 22.0 Å². The molecule has 0 heterocycles. The molecule has 0 fully saturated rings. The van der Waals surface area contributed by atoms with Gasteiger partial charge in [-0.3, -0.25) is 0 Å². The second-order valence-electron chi connectivity index (χ2n) is 3.00. The van der Waals surface area contributed by atoms with Gasteiger partial charge in [-0.1, -0.05) is 40.2 Å². The molecular formula is C11H14BrN. The van der Waals surface area contributed by atoms with Crippen molar-refractivity contribution in [3.63, 3.8) is 0 Å². The Morgan fingerprint density at radius 2 is 2.23 bits per heavy atom. The highest BCUT2D eigenvalue weighted by atomic mass is 79.9. The minimum atomic E-state index is 0.708. The first-order valence-electron chi connectivity index (χ1n) is 4.37. The van der Waals surface area contributed by atoms with Gasteiger partial charge in [0.15, 0.2) is 0 Å². The fourth-order valence-corrected chi connectivity index (χ4v) is 1.70. The van der Waals surface area contributed by atoms with Crippen molar-refractivity contribution in [1.29, 1.82) is 0 Å². The number of rotatable bonds is 3. The average molecular weight is 240 g/mol. The van der Waals surface area contributed by atoms with E-state index in [2.05, 4.69) is 53.2 Å². The third-order valence-electron chi connectivity index (χ3n) is 1.79. The number of benzene rings is 1. The minimum Gasteiger partial charge on any atom is -0.330 e. The SMILES string of the molecule is Cc1ccc(C=CCCN)c(Br)c1. The first kappa shape index (κ1) is 10.5. The molecular weight excluding hydrogens is 226 g/mol. The summed E-state index contributed by atoms with van der Waals surface area (Å²) >= 11 is 3.52. The Balaban J connectivity index is 2.77. The van der Waals surface area contributed by atoms with Crippen LogP contribution in [0, 0.1) is 6.92 Å². The van der Waals surface area contributed by atoms with Crippen molar-refractivity contribution in [3.8, 4) is 0 Å². The lowest BCUT2D eigenvalue weighted by atomic mass is 10.1. The number of nitrogens with two attached hydrogens (primary N) is 1. The van der Waals surface area contributed by atoms with Gasteiger partial charge < -0.3 is 5.73 Å². The second-order valence-corrected chi connectivity index (χ2v) is 3.86. The molecule has 70 valence electrons. The lowest BCUT2D eigenvalue weighted by molar-refractivity contribution is 1.01. The molecule has 0 spiro atoms. The van der Waals surface area contributed by atoms with E-state index in [0.717, 1.165) is 10.9 Å². The standard InChI is InChI=1S/C11H14BrN/c1-9-5-6-10(11(12)8-9)4-2-3-7-13/h2,4-6,8H,3,7,13H2,1H3. The Morgan fingerprint density at radius 1 is 1.46 bits per heavy atom. The zero-order valence-corrected chi connectivity index (χ0v) is 9.34. The van der Waals surface area contributed by atoms with Gasteiger partial charge in [-0.15, -0.1) is 0 Å². The largest absolute Gasteiger partial charge is 0.330 e. The van der Waals surface area contributed by atoms with E-state index in [0.29, 0.717) is 6.54 Å². The van der Waals surface area contributed by atoms with Gasteiger partial charge in [0, 0.05) is 4.47 Å². The van der Waals surface area contributed by atoms with Gasteiger partial charge in [0.2, 0.25) is 0 Å². The zero-order valence-electron chi connectivity index (χ0n) is 7.76. The molecule has 13 heavy (non-hydrogen) atoms. The van der Waals surface area contributed by atoms with Crippen LogP contribution in [0.5, 0.6) is 0 Å². The average Bonchev–Trinajstić information content (AvgIpc) is 2.09. The Hall–Kier alpha value is -0.600. The Bertz CT molecular complexity index is 305. The highest BCUT2D eigenvalue weighted by Gasteiger charge is 1.94. The molecule has 0 aliphatic rings. The molecule has 2 heteroatoms. The lowest BCUT2D eigenvalue weighted by Gasteiger charge is -1.99. The summed E-state index contributed by atoms with van der Waals surface area (Å²) in [6.45, 7) is 2.79.